The van der Waals surface area contributed by atoms with Gasteiger partial charge in [-0.25, -0.2) is 13.1 Å². The van der Waals surface area contributed by atoms with E-state index in [0.29, 0.717) is 16.6 Å². The number of hydrogen-bond donors (Lipinski definition) is 1. The normalized spacial score (nSPS) is 15.2. The lowest BCUT2D eigenvalue weighted by Gasteiger charge is -2.14. The summed E-state index contributed by atoms with van der Waals surface area (Å²) >= 11 is 6.51. The number of hydrogen-bond acceptors (Lipinski definition) is 3. The molecule has 0 bridgehead atoms. The van der Waals surface area contributed by atoms with Crippen molar-refractivity contribution < 1.29 is 12.6 Å². The van der Waals surface area contributed by atoms with Gasteiger partial charge in [-0.2, -0.15) is 0 Å². The first kappa shape index (κ1) is 17.3. The van der Waals surface area contributed by atoms with E-state index in [1.807, 2.05) is 0 Å². The van der Waals surface area contributed by atoms with Crippen molar-refractivity contribution in [3.05, 3.63) is 27.1 Å². The van der Waals surface area contributed by atoms with Gasteiger partial charge in [-0.3, -0.25) is 4.21 Å². The highest BCUT2D eigenvalue weighted by atomic mass is 79.9. The van der Waals surface area contributed by atoms with Crippen molar-refractivity contribution in [1.29, 1.82) is 0 Å². The zero-order chi connectivity index (χ0) is 14.6. The summed E-state index contributed by atoms with van der Waals surface area (Å²) < 4.78 is 39.3. The molecule has 8 heteroatoms. The number of nitrogens with one attached hydrogen (secondary N) is 1. The molecule has 1 N–H and O–H groups in total. The summed E-state index contributed by atoms with van der Waals surface area (Å²) in [5.41, 5.74) is 0. The Kier molecular flexibility index (Phi) is 6.65. The minimum atomic E-state index is -3.57. The second-order valence-corrected chi connectivity index (χ2v) is 9.17. The molecular formula is C11H15Br2NO3S2. The van der Waals surface area contributed by atoms with Crippen LogP contribution < -0.4 is 4.72 Å². The topological polar surface area (TPSA) is 63.2 Å². The number of benzene rings is 1. The number of rotatable bonds is 6. The summed E-state index contributed by atoms with van der Waals surface area (Å²) in [5, 5.41) is 0. The third kappa shape index (κ3) is 5.63. The van der Waals surface area contributed by atoms with Gasteiger partial charge in [0.05, 0.1) is 4.90 Å². The van der Waals surface area contributed by atoms with Crippen LogP contribution in [0.15, 0.2) is 32.0 Å². The Balaban J connectivity index is 2.83. The van der Waals surface area contributed by atoms with Gasteiger partial charge in [-0.05, 0) is 47.5 Å². The molecule has 4 nitrogen and oxygen atoms in total. The molecule has 19 heavy (non-hydrogen) atoms. The molecule has 0 aromatic heterocycles. The van der Waals surface area contributed by atoms with Crippen LogP contribution in [0, 0.1) is 0 Å². The molecule has 0 aliphatic rings. The molecule has 0 radical (unpaired) electrons. The van der Waals surface area contributed by atoms with Crippen LogP contribution in [0.3, 0.4) is 0 Å². The maximum Gasteiger partial charge on any atom is 0.241 e. The smallest absolute Gasteiger partial charge is 0.241 e. The fraction of sp³-hybridized carbons (Fsp3) is 0.455. The van der Waals surface area contributed by atoms with Crippen molar-refractivity contribution in [2.24, 2.45) is 0 Å². The van der Waals surface area contributed by atoms with Crippen LogP contribution in [0.5, 0.6) is 0 Å². The van der Waals surface area contributed by atoms with Gasteiger partial charge in [0.15, 0.2) is 0 Å². The van der Waals surface area contributed by atoms with E-state index in [4.69, 9.17) is 0 Å². The summed E-state index contributed by atoms with van der Waals surface area (Å²) in [7, 11) is -4.49. The standard InChI is InChI=1S/C11H15Br2NO3S2/c1-8(5-6-18(2)15)14-19(16,17)11-4-3-9(12)7-10(11)13/h3-4,7-8,14H,5-6H2,1-2H3. The van der Waals surface area contributed by atoms with Crippen molar-refractivity contribution >= 4 is 52.7 Å². The Hall–Kier alpha value is 0.240. The molecule has 0 fully saturated rings. The molecule has 0 saturated carbocycles. The van der Waals surface area contributed by atoms with Gasteiger partial charge < -0.3 is 0 Å². The van der Waals surface area contributed by atoms with Crippen molar-refractivity contribution in [3.63, 3.8) is 0 Å². The average molecular weight is 433 g/mol. The van der Waals surface area contributed by atoms with Gasteiger partial charge >= 0.3 is 0 Å². The predicted molar refractivity (Wildman–Crippen MR) is 85.2 cm³/mol. The Labute approximate surface area is 133 Å². The quantitative estimate of drug-likeness (QED) is 0.751. The van der Waals surface area contributed by atoms with E-state index in [2.05, 4.69) is 36.6 Å². The molecule has 1 rings (SSSR count). The third-order valence-corrected chi connectivity index (χ3v) is 6.25. The lowest BCUT2D eigenvalue weighted by atomic mass is 10.3. The molecule has 2 atom stereocenters. The van der Waals surface area contributed by atoms with Crippen molar-refractivity contribution in [1.82, 2.24) is 4.72 Å². The van der Waals surface area contributed by atoms with Gasteiger partial charge in [0.2, 0.25) is 10.0 Å². The highest BCUT2D eigenvalue weighted by Crippen LogP contribution is 2.25. The first-order valence-corrected chi connectivity index (χ1v) is 10.3. The van der Waals surface area contributed by atoms with E-state index in [9.17, 15) is 12.6 Å². The second-order valence-electron chi connectivity index (χ2n) is 4.16. The second kappa shape index (κ2) is 7.31. The molecule has 0 aliphatic heterocycles. The number of sulfonamides is 1. The van der Waals surface area contributed by atoms with Crippen LogP contribution >= 0.6 is 31.9 Å². The van der Waals surface area contributed by atoms with Crippen molar-refractivity contribution in [2.45, 2.75) is 24.3 Å². The Bertz CT molecular complexity index is 575. The molecule has 0 heterocycles. The zero-order valence-electron chi connectivity index (χ0n) is 10.5. The van der Waals surface area contributed by atoms with Crippen LogP contribution in [-0.4, -0.2) is 30.7 Å². The van der Waals surface area contributed by atoms with E-state index in [1.165, 1.54) is 6.07 Å². The van der Waals surface area contributed by atoms with E-state index in [-0.39, 0.29) is 10.9 Å². The SMILES string of the molecule is CC(CCS(C)=O)NS(=O)(=O)c1ccc(Br)cc1Br. The Morgan fingerprint density at radius 3 is 2.53 bits per heavy atom. The molecular weight excluding hydrogens is 418 g/mol. The Morgan fingerprint density at radius 1 is 1.37 bits per heavy atom. The van der Waals surface area contributed by atoms with Gasteiger partial charge in [0.1, 0.15) is 0 Å². The van der Waals surface area contributed by atoms with Crippen molar-refractivity contribution in [2.75, 3.05) is 12.0 Å². The maximum absolute atomic E-state index is 12.2. The molecule has 0 aliphatic carbocycles. The van der Waals surface area contributed by atoms with E-state index in [1.54, 1.807) is 25.3 Å². The molecule has 0 saturated heterocycles. The van der Waals surface area contributed by atoms with Crippen LogP contribution in [0.4, 0.5) is 0 Å². The number of halogens is 2. The molecule has 0 spiro atoms. The summed E-state index contributed by atoms with van der Waals surface area (Å²) in [5.74, 6) is 0.477. The lowest BCUT2D eigenvalue weighted by Crippen LogP contribution is -2.33. The van der Waals surface area contributed by atoms with Crippen LogP contribution in [0.1, 0.15) is 13.3 Å². The largest absolute Gasteiger partial charge is 0.260 e. The highest BCUT2D eigenvalue weighted by molar-refractivity contribution is 9.11. The first-order chi connectivity index (χ1) is 8.72. The lowest BCUT2D eigenvalue weighted by molar-refractivity contribution is 0.555. The molecule has 1 aromatic rings. The van der Waals surface area contributed by atoms with Crippen LogP contribution in [-0.2, 0) is 20.8 Å². The molecule has 2 unspecified atom stereocenters. The third-order valence-electron chi connectivity index (χ3n) is 2.38. The Morgan fingerprint density at radius 2 is 2.00 bits per heavy atom. The van der Waals surface area contributed by atoms with E-state index in [0.717, 1.165) is 4.47 Å². The first-order valence-electron chi connectivity index (χ1n) is 5.50. The zero-order valence-corrected chi connectivity index (χ0v) is 15.3. The highest BCUT2D eigenvalue weighted by Gasteiger charge is 2.20. The summed E-state index contributed by atoms with van der Waals surface area (Å²) in [6.07, 6.45) is 2.14. The van der Waals surface area contributed by atoms with Crippen LogP contribution in [0.2, 0.25) is 0 Å². The van der Waals surface area contributed by atoms with E-state index >= 15 is 0 Å². The average Bonchev–Trinajstić information content (AvgIpc) is 2.25. The van der Waals surface area contributed by atoms with Gasteiger partial charge in [0, 0.05) is 37.8 Å². The molecule has 108 valence electrons. The van der Waals surface area contributed by atoms with Crippen LogP contribution in [0.25, 0.3) is 0 Å². The fourth-order valence-electron chi connectivity index (χ4n) is 1.42. The van der Waals surface area contributed by atoms with E-state index < -0.39 is 20.8 Å². The minimum Gasteiger partial charge on any atom is -0.260 e. The van der Waals surface area contributed by atoms with Gasteiger partial charge in [-0.1, -0.05) is 15.9 Å². The summed E-state index contributed by atoms with van der Waals surface area (Å²) in [6.45, 7) is 1.76. The van der Waals surface area contributed by atoms with Crippen molar-refractivity contribution in [3.8, 4) is 0 Å². The monoisotopic (exact) mass is 431 g/mol. The fourth-order valence-corrected chi connectivity index (χ4v) is 5.13. The molecule has 0 amide bonds. The predicted octanol–water partition coefficient (Wildman–Crippen LogP) is 2.65. The molecule has 1 aromatic carbocycles. The summed E-state index contributed by atoms with van der Waals surface area (Å²) in [6, 6.07) is 4.62. The van der Waals surface area contributed by atoms with Gasteiger partial charge in [-0.15, -0.1) is 0 Å². The minimum absolute atomic E-state index is 0.195. The summed E-state index contributed by atoms with van der Waals surface area (Å²) in [4.78, 5) is 0.195. The van der Waals surface area contributed by atoms with Gasteiger partial charge in [0.25, 0.3) is 0 Å². The maximum atomic E-state index is 12.2.